The minimum absolute atomic E-state index is 0.0645. The molecule has 0 saturated heterocycles. The number of allylic oxidation sites excluding steroid dienone is 1. The van der Waals surface area contributed by atoms with E-state index in [1.165, 1.54) is 24.8 Å². The molecule has 2 N–H and O–H groups in total. The van der Waals surface area contributed by atoms with Crippen LogP contribution in [0.25, 0.3) is 0 Å². The maximum absolute atomic E-state index is 12.3. The van der Waals surface area contributed by atoms with E-state index < -0.39 is 0 Å². The minimum atomic E-state index is 0.0645. The standard InChI is InChI=1S/C21H31NO2/c1-13(23)17-5-6-19-16-4-3-14-11-15(24)7-9-20(14,2)18(16)8-10-21(17,19)12-22/h11,16-19H,3-10,12,22H2,1-2H3/t16-,17-,18+,19+,20+,21+/m1/s1. The van der Waals surface area contributed by atoms with Crippen LogP contribution in [0.15, 0.2) is 11.6 Å². The predicted molar refractivity (Wildman–Crippen MR) is 94.3 cm³/mol. The lowest BCUT2D eigenvalue weighted by atomic mass is 9.46. The Balaban J connectivity index is 1.69. The summed E-state index contributed by atoms with van der Waals surface area (Å²) in [6, 6.07) is 0. The summed E-state index contributed by atoms with van der Waals surface area (Å²) in [7, 11) is 0. The molecule has 3 fully saturated rings. The third-order valence-corrected chi connectivity index (χ3v) is 8.55. The molecule has 0 aromatic carbocycles. The quantitative estimate of drug-likeness (QED) is 0.841. The summed E-state index contributed by atoms with van der Waals surface area (Å²) >= 11 is 0. The Morgan fingerprint density at radius 1 is 1.17 bits per heavy atom. The molecule has 0 spiro atoms. The summed E-state index contributed by atoms with van der Waals surface area (Å²) < 4.78 is 0. The smallest absolute Gasteiger partial charge is 0.155 e. The zero-order chi connectivity index (χ0) is 17.1. The monoisotopic (exact) mass is 329 g/mol. The summed E-state index contributed by atoms with van der Waals surface area (Å²) in [5.41, 5.74) is 8.00. The van der Waals surface area contributed by atoms with Crippen LogP contribution in [-0.2, 0) is 9.59 Å². The summed E-state index contributed by atoms with van der Waals surface area (Å²) in [4.78, 5) is 24.1. The van der Waals surface area contributed by atoms with Crippen molar-refractivity contribution in [1.29, 1.82) is 0 Å². The van der Waals surface area contributed by atoms with Gasteiger partial charge >= 0.3 is 0 Å². The van der Waals surface area contributed by atoms with Crippen LogP contribution in [0.5, 0.6) is 0 Å². The van der Waals surface area contributed by atoms with E-state index >= 15 is 0 Å². The van der Waals surface area contributed by atoms with Crippen LogP contribution in [0.2, 0.25) is 0 Å². The maximum Gasteiger partial charge on any atom is 0.155 e. The number of hydrogen-bond donors (Lipinski definition) is 1. The normalized spacial score (nSPS) is 47.5. The zero-order valence-corrected chi connectivity index (χ0v) is 15.1. The van der Waals surface area contributed by atoms with Crippen LogP contribution in [0.1, 0.15) is 65.2 Å². The zero-order valence-electron chi connectivity index (χ0n) is 15.1. The number of nitrogens with two attached hydrogens (primary N) is 1. The molecule has 6 atom stereocenters. The molecule has 0 aromatic heterocycles. The Morgan fingerprint density at radius 3 is 2.67 bits per heavy atom. The van der Waals surface area contributed by atoms with Gasteiger partial charge in [0.05, 0.1) is 0 Å². The van der Waals surface area contributed by atoms with Crippen LogP contribution >= 0.6 is 0 Å². The summed E-state index contributed by atoms with van der Waals surface area (Å²) in [6.45, 7) is 4.85. The molecule has 4 rings (SSSR count). The van der Waals surface area contributed by atoms with Gasteiger partial charge in [0.15, 0.2) is 5.78 Å². The summed E-state index contributed by atoms with van der Waals surface area (Å²) in [5, 5.41) is 0. The number of carbonyl (C=O) groups excluding carboxylic acids is 2. The number of Topliss-reactive ketones (excluding diaryl/α,β-unsaturated/α-hetero) is 1. The highest BCUT2D eigenvalue weighted by Gasteiger charge is 2.60. The van der Waals surface area contributed by atoms with Gasteiger partial charge in [-0.05, 0) is 93.1 Å². The highest BCUT2D eigenvalue weighted by molar-refractivity contribution is 5.91. The largest absolute Gasteiger partial charge is 0.330 e. The molecule has 3 nitrogen and oxygen atoms in total. The van der Waals surface area contributed by atoms with Gasteiger partial charge in [0, 0.05) is 12.3 Å². The fraction of sp³-hybridized carbons (Fsp3) is 0.810. The molecule has 0 heterocycles. The number of fused-ring (bicyclic) bond motifs is 5. The SMILES string of the molecule is CC(=O)[C@H]1CC[C@H]2[C@@H]3CCC4=CC(=O)CC[C@]4(C)[C@H]3CC[C@]12CN. The molecule has 3 heteroatoms. The lowest BCUT2D eigenvalue weighted by Gasteiger charge is -2.58. The van der Waals surface area contributed by atoms with Gasteiger partial charge in [-0.15, -0.1) is 0 Å². The lowest BCUT2D eigenvalue weighted by molar-refractivity contribution is -0.129. The Hall–Kier alpha value is -0.960. The first kappa shape index (κ1) is 16.5. The molecule has 3 saturated carbocycles. The van der Waals surface area contributed by atoms with E-state index in [0.717, 1.165) is 25.7 Å². The van der Waals surface area contributed by atoms with E-state index in [-0.39, 0.29) is 16.7 Å². The Bertz CT molecular complexity index is 609. The molecule has 0 aromatic rings. The van der Waals surface area contributed by atoms with Crippen molar-refractivity contribution in [3.63, 3.8) is 0 Å². The lowest BCUT2D eigenvalue weighted by Crippen LogP contribution is -2.54. The fourth-order valence-corrected chi connectivity index (χ4v) is 7.37. The molecule has 24 heavy (non-hydrogen) atoms. The summed E-state index contributed by atoms with van der Waals surface area (Å²) in [6.07, 6.45) is 10.5. The van der Waals surface area contributed by atoms with Crippen LogP contribution in [0, 0.1) is 34.5 Å². The molecule has 0 unspecified atom stereocenters. The Labute approximate surface area is 145 Å². The fourth-order valence-electron chi connectivity index (χ4n) is 7.37. The third-order valence-electron chi connectivity index (χ3n) is 8.55. The second-order valence-corrected chi connectivity index (χ2v) is 9.19. The van der Waals surface area contributed by atoms with Gasteiger partial charge in [-0.2, -0.15) is 0 Å². The van der Waals surface area contributed by atoms with Crippen LogP contribution in [-0.4, -0.2) is 18.1 Å². The average molecular weight is 329 g/mol. The van der Waals surface area contributed by atoms with E-state index in [9.17, 15) is 9.59 Å². The maximum atomic E-state index is 12.3. The molecule has 4 aliphatic rings. The van der Waals surface area contributed by atoms with Crippen molar-refractivity contribution in [1.82, 2.24) is 0 Å². The van der Waals surface area contributed by atoms with E-state index in [1.807, 2.05) is 6.08 Å². The van der Waals surface area contributed by atoms with Crippen molar-refractivity contribution in [2.45, 2.75) is 65.2 Å². The molecular formula is C21H31NO2. The van der Waals surface area contributed by atoms with Gasteiger partial charge in [-0.1, -0.05) is 12.5 Å². The van der Waals surface area contributed by atoms with Crippen molar-refractivity contribution in [3.8, 4) is 0 Å². The molecule has 4 aliphatic carbocycles. The molecule has 0 bridgehead atoms. The third kappa shape index (κ3) is 2.06. The van der Waals surface area contributed by atoms with E-state index in [2.05, 4.69) is 6.92 Å². The predicted octanol–water partition coefficient (Wildman–Crippen LogP) is 3.66. The van der Waals surface area contributed by atoms with Crippen LogP contribution in [0.3, 0.4) is 0 Å². The van der Waals surface area contributed by atoms with Gasteiger partial charge in [0.2, 0.25) is 0 Å². The number of carbonyl (C=O) groups is 2. The van der Waals surface area contributed by atoms with Crippen molar-refractivity contribution < 1.29 is 9.59 Å². The first-order valence-corrected chi connectivity index (χ1v) is 9.87. The average Bonchev–Trinajstić information content (AvgIpc) is 2.95. The van der Waals surface area contributed by atoms with E-state index in [1.54, 1.807) is 6.92 Å². The Kier molecular flexibility index (Phi) is 3.80. The van der Waals surface area contributed by atoms with Gasteiger partial charge < -0.3 is 5.73 Å². The van der Waals surface area contributed by atoms with Crippen LogP contribution in [0.4, 0.5) is 0 Å². The second-order valence-electron chi connectivity index (χ2n) is 9.19. The van der Waals surface area contributed by atoms with Crippen molar-refractivity contribution in [2.75, 3.05) is 6.54 Å². The van der Waals surface area contributed by atoms with Gasteiger partial charge in [-0.3, -0.25) is 9.59 Å². The molecule has 0 amide bonds. The van der Waals surface area contributed by atoms with Crippen molar-refractivity contribution in [3.05, 3.63) is 11.6 Å². The number of hydrogen-bond acceptors (Lipinski definition) is 3. The highest BCUT2D eigenvalue weighted by Crippen LogP contribution is 2.66. The van der Waals surface area contributed by atoms with Crippen molar-refractivity contribution in [2.24, 2.45) is 40.2 Å². The molecule has 0 radical (unpaired) electrons. The number of ketones is 2. The minimum Gasteiger partial charge on any atom is -0.330 e. The van der Waals surface area contributed by atoms with E-state index in [0.29, 0.717) is 42.3 Å². The van der Waals surface area contributed by atoms with Gasteiger partial charge in [-0.25, -0.2) is 0 Å². The topological polar surface area (TPSA) is 60.2 Å². The van der Waals surface area contributed by atoms with E-state index in [4.69, 9.17) is 5.73 Å². The molecule has 0 aliphatic heterocycles. The first-order chi connectivity index (χ1) is 11.4. The molecule has 132 valence electrons. The summed E-state index contributed by atoms with van der Waals surface area (Å²) in [5.74, 6) is 2.86. The highest BCUT2D eigenvalue weighted by atomic mass is 16.1. The molecular weight excluding hydrogens is 298 g/mol. The first-order valence-electron chi connectivity index (χ1n) is 9.87. The van der Waals surface area contributed by atoms with Crippen LogP contribution < -0.4 is 5.73 Å². The Morgan fingerprint density at radius 2 is 1.96 bits per heavy atom. The van der Waals surface area contributed by atoms with Crippen molar-refractivity contribution >= 4 is 11.6 Å². The van der Waals surface area contributed by atoms with Gasteiger partial charge in [0.25, 0.3) is 0 Å². The number of rotatable bonds is 2. The van der Waals surface area contributed by atoms with Gasteiger partial charge in [0.1, 0.15) is 5.78 Å². The second kappa shape index (κ2) is 5.52.